The molecule has 1 N–H and O–H groups in total. The van der Waals surface area contributed by atoms with Crippen molar-refractivity contribution < 1.29 is 5.11 Å². The average molecular weight is 265 g/mol. The molecule has 0 saturated heterocycles. The number of hydrogen-bond acceptors (Lipinski definition) is 3. The van der Waals surface area contributed by atoms with Crippen LogP contribution in [0.3, 0.4) is 0 Å². The van der Waals surface area contributed by atoms with E-state index in [2.05, 4.69) is 21.7 Å². The standard InChI is InChI=1S/C15H27N3O/c1-2-3-4-5-6-7-8-9-14-16-17-15(12-19)18(14)13-10-11-13/h13,19H,2-12H2,1H3. The van der Waals surface area contributed by atoms with Crippen LogP contribution in [0, 0.1) is 0 Å². The molecule has 19 heavy (non-hydrogen) atoms. The van der Waals surface area contributed by atoms with Crippen molar-refractivity contribution >= 4 is 0 Å². The zero-order chi connectivity index (χ0) is 13.5. The van der Waals surface area contributed by atoms with Gasteiger partial charge in [-0.05, 0) is 19.3 Å². The summed E-state index contributed by atoms with van der Waals surface area (Å²) in [5.41, 5.74) is 0. The number of aromatic nitrogens is 3. The van der Waals surface area contributed by atoms with E-state index in [0.29, 0.717) is 6.04 Å². The summed E-state index contributed by atoms with van der Waals surface area (Å²) in [6, 6.07) is 0.566. The van der Waals surface area contributed by atoms with Crippen molar-refractivity contribution in [1.82, 2.24) is 14.8 Å². The predicted molar refractivity (Wildman–Crippen MR) is 75.9 cm³/mol. The van der Waals surface area contributed by atoms with Gasteiger partial charge in [0.25, 0.3) is 0 Å². The Bertz CT molecular complexity index is 371. The fourth-order valence-corrected chi connectivity index (χ4v) is 2.63. The van der Waals surface area contributed by atoms with Crippen molar-refractivity contribution in [3.05, 3.63) is 11.6 Å². The fraction of sp³-hybridized carbons (Fsp3) is 0.867. The minimum atomic E-state index is 0.0144. The summed E-state index contributed by atoms with van der Waals surface area (Å²) in [7, 11) is 0. The summed E-state index contributed by atoms with van der Waals surface area (Å²) in [6.07, 6.45) is 12.7. The second kappa shape index (κ2) is 7.63. The van der Waals surface area contributed by atoms with Gasteiger partial charge < -0.3 is 9.67 Å². The van der Waals surface area contributed by atoms with E-state index in [1.807, 2.05) is 0 Å². The highest BCUT2D eigenvalue weighted by Crippen LogP contribution is 2.36. The van der Waals surface area contributed by atoms with Crippen molar-refractivity contribution in [1.29, 1.82) is 0 Å². The fourth-order valence-electron chi connectivity index (χ4n) is 2.63. The molecule has 0 atom stereocenters. The van der Waals surface area contributed by atoms with Gasteiger partial charge in [-0.1, -0.05) is 45.4 Å². The Labute approximate surface area is 116 Å². The predicted octanol–water partition coefficient (Wildman–Crippen LogP) is 3.40. The van der Waals surface area contributed by atoms with E-state index < -0.39 is 0 Å². The van der Waals surface area contributed by atoms with Crippen LogP contribution in [0.25, 0.3) is 0 Å². The molecule has 1 saturated carbocycles. The molecule has 0 bridgehead atoms. The number of rotatable bonds is 10. The van der Waals surface area contributed by atoms with Gasteiger partial charge >= 0.3 is 0 Å². The first-order valence-electron chi connectivity index (χ1n) is 7.90. The summed E-state index contributed by atoms with van der Waals surface area (Å²) in [5, 5.41) is 17.6. The van der Waals surface area contributed by atoms with Crippen LogP contribution in [0.4, 0.5) is 0 Å². The lowest BCUT2D eigenvalue weighted by Gasteiger charge is -2.07. The molecule has 1 fully saturated rings. The molecule has 1 aromatic rings. The van der Waals surface area contributed by atoms with Gasteiger partial charge in [-0.15, -0.1) is 10.2 Å². The molecule has 0 spiro atoms. The molecular formula is C15H27N3O. The molecule has 1 aliphatic carbocycles. The SMILES string of the molecule is CCCCCCCCCc1nnc(CO)n1C1CC1. The number of aryl methyl sites for hydroxylation is 1. The Kier molecular flexibility index (Phi) is 5.83. The van der Waals surface area contributed by atoms with Crippen molar-refractivity contribution in [2.75, 3.05) is 0 Å². The molecule has 108 valence electrons. The van der Waals surface area contributed by atoms with Crippen LogP contribution in [-0.2, 0) is 13.0 Å². The van der Waals surface area contributed by atoms with Crippen LogP contribution >= 0.6 is 0 Å². The number of nitrogens with zero attached hydrogens (tertiary/aromatic N) is 3. The minimum Gasteiger partial charge on any atom is -0.388 e. The Hall–Kier alpha value is -0.900. The maximum absolute atomic E-state index is 9.28. The Morgan fingerprint density at radius 1 is 1.00 bits per heavy atom. The van der Waals surface area contributed by atoms with E-state index in [0.717, 1.165) is 18.1 Å². The summed E-state index contributed by atoms with van der Waals surface area (Å²) in [5.74, 6) is 1.83. The van der Waals surface area contributed by atoms with Gasteiger partial charge in [-0.25, -0.2) is 0 Å². The molecule has 0 aliphatic heterocycles. The molecule has 0 unspecified atom stereocenters. The summed E-state index contributed by atoms with van der Waals surface area (Å²) < 4.78 is 2.18. The second-order valence-electron chi connectivity index (χ2n) is 5.66. The van der Waals surface area contributed by atoms with E-state index in [-0.39, 0.29) is 6.61 Å². The van der Waals surface area contributed by atoms with Crippen LogP contribution in [0.15, 0.2) is 0 Å². The molecular weight excluding hydrogens is 238 g/mol. The summed E-state index contributed by atoms with van der Waals surface area (Å²) in [4.78, 5) is 0. The zero-order valence-electron chi connectivity index (χ0n) is 12.1. The number of hydrogen-bond donors (Lipinski definition) is 1. The lowest BCUT2D eigenvalue weighted by atomic mass is 10.1. The van der Waals surface area contributed by atoms with Crippen LogP contribution in [-0.4, -0.2) is 19.9 Å². The monoisotopic (exact) mass is 265 g/mol. The Morgan fingerprint density at radius 2 is 1.63 bits per heavy atom. The second-order valence-corrected chi connectivity index (χ2v) is 5.66. The molecule has 4 heteroatoms. The van der Waals surface area contributed by atoms with Crippen LogP contribution in [0.2, 0.25) is 0 Å². The van der Waals surface area contributed by atoms with Crippen molar-refractivity contribution in [2.24, 2.45) is 0 Å². The molecule has 0 amide bonds. The van der Waals surface area contributed by atoms with Crippen molar-refractivity contribution in [2.45, 2.75) is 83.8 Å². The van der Waals surface area contributed by atoms with E-state index in [4.69, 9.17) is 0 Å². The molecule has 0 aromatic carbocycles. The van der Waals surface area contributed by atoms with E-state index >= 15 is 0 Å². The minimum absolute atomic E-state index is 0.0144. The Balaban J connectivity index is 1.69. The van der Waals surface area contributed by atoms with E-state index in [1.54, 1.807) is 0 Å². The average Bonchev–Trinajstić information content (AvgIpc) is 3.18. The van der Waals surface area contributed by atoms with E-state index in [9.17, 15) is 5.11 Å². The quantitative estimate of drug-likeness (QED) is 0.660. The number of aliphatic hydroxyl groups excluding tert-OH is 1. The lowest BCUT2D eigenvalue weighted by molar-refractivity contribution is 0.264. The molecule has 4 nitrogen and oxygen atoms in total. The Morgan fingerprint density at radius 3 is 2.26 bits per heavy atom. The van der Waals surface area contributed by atoms with E-state index in [1.165, 1.54) is 57.8 Å². The maximum atomic E-state index is 9.28. The van der Waals surface area contributed by atoms with Crippen molar-refractivity contribution in [3.63, 3.8) is 0 Å². The third kappa shape index (κ3) is 4.30. The maximum Gasteiger partial charge on any atom is 0.159 e. The lowest BCUT2D eigenvalue weighted by Crippen LogP contribution is -2.06. The molecule has 1 aliphatic rings. The third-order valence-electron chi connectivity index (χ3n) is 3.89. The zero-order valence-corrected chi connectivity index (χ0v) is 12.1. The normalized spacial score (nSPS) is 15.1. The van der Waals surface area contributed by atoms with Gasteiger partial charge in [0.2, 0.25) is 0 Å². The first-order chi connectivity index (χ1) is 9.36. The highest BCUT2D eigenvalue weighted by molar-refractivity contribution is 5.02. The number of unbranched alkanes of at least 4 members (excludes halogenated alkanes) is 6. The number of aliphatic hydroxyl groups is 1. The van der Waals surface area contributed by atoms with Crippen LogP contribution in [0.5, 0.6) is 0 Å². The van der Waals surface area contributed by atoms with Crippen LogP contribution in [0.1, 0.15) is 82.4 Å². The summed E-state index contributed by atoms with van der Waals surface area (Å²) >= 11 is 0. The first kappa shape index (κ1) is 14.5. The van der Waals surface area contributed by atoms with Gasteiger partial charge in [-0.2, -0.15) is 0 Å². The van der Waals surface area contributed by atoms with Gasteiger partial charge in [-0.3, -0.25) is 0 Å². The molecule has 1 aromatic heterocycles. The largest absolute Gasteiger partial charge is 0.388 e. The highest BCUT2D eigenvalue weighted by Gasteiger charge is 2.28. The van der Waals surface area contributed by atoms with Gasteiger partial charge in [0, 0.05) is 12.5 Å². The smallest absolute Gasteiger partial charge is 0.159 e. The molecule has 0 radical (unpaired) electrons. The highest BCUT2D eigenvalue weighted by atomic mass is 16.3. The van der Waals surface area contributed by atoms with Gasteiger partial charge in [0.1, 0.15) is 12.4 Å². The van der Waals surface area contributed by atoms with Gasteiger partial charge in [0.05, 0.1) is 0 Å². The van der Waals surface area contributed by atoms with Crippen LogP contribution < -0.4 is 0 Å². The van der Waals surface area contributed by atoms with Gasteiger partial charge in [0.15, 0.2) is 5.82 Å². The first-order valence-corrected chi connectivity index (χ1v) is 7.90. The molecule has 1 heterocycles. The summed E-state index contributed by atoms with van der Waals surface area (Å²) in [6.45, 7) is 2.27. The molecule has 2 rings (SSSR count). The topological polar surface area (TPSA) is 50.9 Å². The van der Waals surface area contributed by atoms with Crippen molar-refractivity contribution in [3.8, 4) is 0 Å². The third-order valence-corrected chi connectivity index (χ3v) is 3.89.